The summed E-state index contributed by atoms with van der Waals surface area (Å²) in [6, 6.07) is 4.87. The Hall–Kier alpha value is -0.490. The SMILES string of the molecule is COCCNCCC(C)(O)Cc1cccc(F)c1Br. The van der Waals surface area contributed by atoms with Gasteiger partial charge in [-0.05, 0) is 47.4 Å². The molecule has 3 nitrogen and oxygen atoms in total. The Kier molecular flexibility index (Phi) is 6.93. The minimum absolute atomic E-state index is 0.300. The fraction of sp³-hybridized carbons (Fsp3) is 0.571. The van der Waals surface area contributed by atoms with Crippen molar-refractivity contribution in [2.45, 2.75) is 25.4 Å². The summed E-state index contributed by atoms with van der Waals surface area (Å²) in [5, 5.41) is 13.5. The Labute approximate surface area is 122 Å². The third-order valence-electron chi connectivity index (χ3n) is 2.93. The van der Waals surface area contributed by atoms with Crippen LogP contribution < -0.4 is 5.32 Å². The number of hydrogen-bond acceptors (Lipinski definition) is 3. The van der Waals surface area contributed by atoms with Crippen LogP contribution in [0.1, 0.15) is 18.9 Å². The van der Waals surface area contributed by atoms with E-state index in [0.717, 1.165) is 12.1 Å². The quantitative estimate of drug-likeness (QED) is 0.718. The standard InChI is InChI=1S/C14H21BrFNO2/c1-14(18,6-7-17-8-9-19-2)10-11-4-3-5-12(16)13(11)15/h3-5,17-18H,6-10H2,1-2H3. The normalized spacial score (nSPS) is 14.4. The highest BCUT2D eigenvalue weighted by molar-refractivity contribution is 9.10. The van der Waals surface area contributed by atoms with Crippen LogP contribution >= 0.6 is 15.9 Å². The fourth-order valence-corrected chi connectivity index (χ4v) is 2.25. The van der Waals surface area contributed by atoms with Crippen molar-refractivity contribution < 1.29 is 14.2 Å². The number of hydrogen-bond donors (Lipinski definition) is 2. The third kappa shape index (κ3) is 5.99. The molecular weight excluding hydrogens is 313 g/mol. The van der Waals surface area contributed by atoms with E-state index < -0.39 is 5.60 Å². The molecule has 0 fully saturated rings. The van der Waals surface area contributed by atoms with Crippen molar-refractivity contribution in [1.29, 1.82) is 0 Å². The number of aliphatic hydroxyl groups is 1. The van der Waals surface area contributed by atoms with E-state index in [1.54, 1.807) is 20.1 Å². The lowest BCUT2D eigenvalue weighted by atomic mass is 9.93. The first kappa shape index (κ1) is 16.6. The number of methoxy groups -OCH3 is 1. The van der Waals surface area contributed by atoms with Gasteiger partial charge in [0.15, 0.2) is 0 Å². The molecule has 1 unspecified atom stereocenters. The van der Waals surface area contributed by atoms with Crippen molar-refractivity contribution in [2.24, 2.45) is 0 Å². The van der Waals surface area contributed by atoms with Crippen LogP contribution in [-0.2, 0) is 11.2 Å². The summed E-state index contributed by atoms with van der Waals surface area (Å²) in [4.78, 5) is 0. The molecule has 1 rings (SSSR count). The number of halogens is 2. The molecule has 0 heterocycles. The molecule has 0 aromatic heterocycles. The van der Waals surface area contributed by atoms with E-state index in [9.17, 15) is 9.50 Å². The van der Waals surface area contributed by atoms with E-state index >= 15 is 0 Å². The zero-order valence-electron chi connectivity index (χ0n) is 11.4. The van der Waals surface area contributed by atoms with Gasteiger partial charge in [-0.25, -0.2) is 4.39 Å². The van der Waals surface area contributed by atoms with E-state index in [-0.39, 0.29) is 5.82 Å². The molecule has 0 amide bonds. The highest BCUT2D eigenvalue weighted by atomic mass is 79.9. The Morgan fingerprint density at radius 1 is 1.42 bits per heavy atom. The second kappa shape index (κ2) is 7.94. The summed E-state index contributed by atoms with van der Waals surface area (Å²) in [6.07, 6.45) is 1.01. The summed E-state index contributed by atoms with van der Waals surface area (Å²) in [5.41, 5.74) is -0.0852. The van der Waals surface area contributed by atoms with Gasteiger partial charge in [-0.1, -0.05) is 12.1 Å². The van der Waals surface area contributed by atoms with Gasteiger partial charge >= 0.3 is 0 Å². The molecule has 1 atom stereocenters. The lowest BCUT2D eigenvalue weighted by Gasteiger charge is -2.24. The maximum Gasteiger partial charge on any atom is 0.137 e. The van der Waals surface area contributed by atoms with Crippen molar-refractivity contribution in [2.75, 3.05) is 26.8 Å². The average molecular weight is 334 g/mol. The zero-order valence-corrected chi connectivity index (χ0v) is 13.0. The van der Waals surface area contributed by atoms with Gasteiger partial charge in [0.1, 0.15) is 5.82 Å². The van der Waals surface area contributed by atoms with Crippen LogP contribution in [-0.4, -0.2) is 37.5 Å². The van der Waals surface area contributed by atoms with Gasteiger partial charge in [0, 0.05) is 20.1 Å². The summed E-state index contributed by atoms with van der Waals surface area (Å²) in [5.74, 6) is -0.300. The lowest BCUT2D eigenvalue weighted by Crippen LogP contribution is -2.33. The van der Waals surface area contributed by atoms with Crippen LogP contribution in [0.3, 0.4) is 0 Å². The lowest BCUT2D eigenvalue weighted by molar-refractivity contribution is 0.0508. The van der Waals surface area contributed by atoms with Crippen LogP contribution in [0, 0.1) is 5.82 Å². The van der Waals surface area contributed by atoms with Gasteiger partial charge in [0.25, 0.3) is 0 Å². The molecule has 0 spiro atoms. The molecule has 0 saturated heterocycles. The second-order valence-electron chi connectivity index (χ2n) is 4.88. The van der Waals surface area contributed by atoms with Crippen molar-refractivity contribution in [1.82, 2.24) is 5.32 Å². The molecular formula is C14H21BrFNO2. The van der Waals surface area contributed by atoms with Crippen LogP contribution in [0.5, 0.6) is 0 Å². The maximum absolute atomic E-state index is 13.4. The Morgan fingerprint density at radius 2 is 2.16 bits per heavy atom. The van der Waals surface area contributed by atoms with Gasteiger partial charge in [-0.2, -0.15) is 0 Å². The monoisotopic (exact) mass is 333 g/mol. The van der Waals surface area contributed by atoms with Crippen LogP contribution in [0.4, 0.5) is 4.39 Å². The topological polar surface area (TPSA) is 41.5 Å². The highest BCUT2D eigenvalue weighted by Gasteiger charge is 2.22. The first-order chi connectivity index (χ1) is 8.96. The molecule has 0 bridgehead atoms. The molecule has 2 N–H and O–H groups in total. The first-order valence-corrected chi connectivity index (χ1v) is 7.10. The molecule has 108 valence electrons. The first-order valence-electron chi connectivity index (χ1n) is 6.31. The number of benzene rings is 1. The summed E-state index contributed by atoms with van der Waals surface area (Å²) >= 11 is 3.22. The molecule has 0 saturated carbocycles. The predicted octanol–water partition coefficient (Wildman–Crippen LogP) is 2.51. The van der Waals surface area contributed by atoms with Crippen molar-refractivity contribution in [3.63, 3.8) is 0 Å². The third-order valence-corrected chi connectivity index (χ3v) is 3.81. The minimum atomic E-state index is -0.865. The fourth-order valence-electron chi connectivity index (χ4n) is 1.84. The Morgan fingerprint density at radius 3 is 2.84 bits per heavy atom. The van der Waals surface area contributed by atoms with Crippen molar-refractivity contribution in [3.8, 4) is 0 Å². The van der Waals surface area contributed by atoms with Gasteiger partial charge in [-0.15, -0.1) is 0 Å². The molecule has 0 aliphatic rings. The van der Waals surface area contributed by atoms with E-state index in [1.165, 1.54) is 6.07 Å². The number of nitrogens with one attached hydrogen (secondary N) is 1. The summed E-state index contributed by atoms with van der Waals surface area (Å²) in [6.45, 7) is 3.87. The molecule has 0 aliphatic carbocycles. The van der Waals surface area contributed by atoms with E-state index in [4.69, 9.17) is 4.74 Å². The van der Waals surface area contributed by atoms with Crippen LogP contribution in [0.25, 0.3) is 0 Å². The van der Waals surface area contributed by atoms with Gasteiger partial charge in [0.2, 0.25) is 0 Å². The van der Waals surface area contributed by atoms with Crippen LogP contribution in [0.15, 0.2) is 22.7 Å². The van der Waals surface area contributed by atoms with E-state index in [1.807, 2.05) is 6.07 Å². The molecule has 1 aromatic rings. The number of ether oxygens (including phenoxy) is 1. The van der Waals surface area contributed by atoms with Crippen LogP contribution in [0.2, 0.25) is 0 Å². The maximum atomic E-state index is 13.4. The Bertz CT molecular complexity index is 399. The van der Waals surface area contributed by atoms with Gasteiger partial charge < -0.3 is 15.2 Å². The number of rotatable bonds is 8. The Balaban J connectivity index is 2.47. The van der Waals surface area contributed by atoms with E-state index in [2.05, 4.69) is 21.2 Å². The summed E-state index contributed by atoms with van der Waals surface area (Å²) < 4.78 is 18.7. The molecule has 0 radical (unpaired) electrons. The second-order valence-corrected chi connectivity index (χ2v) is 5.67. The average Bonchev–Trinajstić information content (AvgIpc) is 2.34. The largest absolute Gasteiger partial charge is 0.390 e. The van der Waals surface area contributed by atoms with Gasteiger partial charge in [-0.3, -0.25) is 0 Å². The smallest absolute Gasteiger partial charge is 0.137 e. The van der Waals surface area contributed by atoms with Gasteiger partial charge in [0.05, 0.1) is 16.7 Å². The molecule has 19 heavy (non-hydrogen) atoms. The minimum Gasteiger partial charge on any atom is -0.390 e. The molecule has 1 aromatic carbocycles. The van der Waals surface area contributed by atoms with Crippen molar-refractivity contribution in [3.05, 3.63) is 34.1 Å². The highest BCUT2D eigenvalue weighted by Crippen LogP contribution is 2.25. The zero-order chi connectivity index (χ0) is 14.3. The molecule has 5 heteroatoms. The summed E-state index contributed by atoms with van der Waals surface area (Å²) in [7, 11) is 1.65. The van der Waals surface area contributed by atoms with Crippen molar-refractivity contribution >= 4 is 15.9 Å². The predicted molar refractivity (Wildman–Crippen MR) is 77.8 cm³/mol. The molecule has 0 aliphatic heterocycles. The van der Waals surface area contributed by atoms with E-state index in [0.29, 0.717) is 30.5 Å².